The first-order chi connectivity index (χ1) is 13.9. The van der Waals surface area contributed by atoms with E-state index in [1.165, 1.54) is 36.4 Å². The maximum atomic E-state index is 13.4. The lowest BCUT2D eigenvalue weighted by Crippen LogP contribution is -2.48. The molecule has 0 saturated carbocycles. The molecule has 0 unspecified atom stereocenters. The van der Waals surface area contributed by atoms with Crippen molar-refractivity contribution in [1.29, 1.82) is 0 Å². The summed E-state index contributed by atoms with van der Waals surface area (Å²) in [7, 11) is -3.91. The Morgan fingerprint density at radius 2 is 1.72 bits per heavy atom. The highest BCUT2D eigenvalue weighted by Gasteiger charge is 2.37. The highest BCUT2D eigenvalue weighted by molar-refractivity contribution is 7.92. The Bertz CT molecular complexity index is 1150. The summed E-state index contributed by atoms with van der Waals surface area (Å²) >= 11 is 0. The summed E-state index contributed by atoms with van der Waals surface area (Å²) in [4.78, 5) is 12.8. The van der Waals surface area contributed by atoms with Gasteiger partial charge in [-0.25, -0.2) is 12.8 Å². The van der Waals surface area contributed by atoms with Crippen LogP contribution in [0.4, 0.5) is 15.8 Å². The quantitative estimate of drug-likeness (QED) is 0.713. The fraction of sp³-hybridized carbons (Fsp3) is 0.0952. The van der Waals surface area contributed by atoms with Crippen LogP contribution < -0.4 is 14.4 Å². The lowest BCUT2D eigenvalue weighted by atomic mass is 10.2. The van der Waals surface area contributed by atoms with E-state index in [1.54, 1.807) is 42.5 Å². The number of nitrogens with zero attached hydrogens (tertiary/aromatic N) is 1. The van der Waals surface area contributed by atoms with Crippen LogP contribution in [-0.2, 0) is 14.8 Å². The molecule has 3 aromatic carbocycles. The second-order valence-corrected chi connectivity index (χ2v) is 8.29. The third-order valence-electron chi connectivity index (χ3n) is 4.45. The smallest absolute Gasteiger partial charge is 0.267 e. The summed E-state index contributed by atoms with van der Waals surface area (Å²) in [6.45, 7) is -0.213. The van der Waals surface area contributed by atoms with Gasteiger partial charge in [-0.05, 0) is 42.5 Å². The van der Waals surface area contributed by atoms with Gasteiger partial charge in [0.2, 0.25) is 0 Å². The van der Waals surface area contributed by atoms with E-state index in [0.29, 0.717) is 5.69 Å². The number of rotatable bonds is 4. The predicted molar refractivity (Wildman–Crippen MR) is 107 cm³/mol. The van der Waals surface area contributed by atoms with Crippen molar-refractivity contribution < 1.29 is 22.3 Å². The number of carbonyl (C=O) groups excluding carboxylic acids is 1. The van der Waals surface area contributed by atoms with Gasteiger partial charge in [0.1, 0.15) is 11.6 Å². The topological polar surface area (TPSA) is 75.7 Å². The van der Waals surface area contributed by atoms with Gasteiger partial charge in [0.25, 0.3) is 15.9 Å². The number of anilines is 2. The number of hydrogen-bond donors (Lipinski definition) is 1. The van der Waals surface area contributed by atoms with Crippen LogP contribution in [-0.4, -0.2) is 27.0 Å². The number of carbonyl (C=O) groups is 1. The van der Waals surface area contributed by atoms with Crippen LogP contribution in [0.1, 0.15) is 0 Å². The Morgan fingerprint density at radius 1 is 1.00 bits per heavy atom. The van der Waals surface area contributed by atoms with E-state index in [-0.39, 0.29) is 22.9 Å². The monoisotopic (exact) mass is 412 g/mol. The minimum Gasteiger partial charge on any atom is -0.476 e. The Kier molecular flexibility index (Phi) is 4.94. The number of benzene rings is 3. The molecule has 3 aromatic rings. The zero-order valence-corrected chi connectivity index (χ0v) is 16.0. The molecule has 6 nitrogen and oxygen atoms in total. The fourth-order valence-electron chi connectivity index (χ4n) is 3.08. The second kappa shape index (κ2) is 7.56. The van der Waals surface area contributed by atoms with Crippen LogP contribution in [0.3, 0.4) is 0 Å². The van der Waals surface area contributed by atoms with Gasteiger partial charge in [0, 0.05) is 5.69 Å². The minimum absolute atomic E-state index is 0.112. The SMILES string of the molecule is O=C(Nc1cccc(F)c1)[C@@H]1CN(S(=O)(=O)c2ccccc2)c2ccccc2O1. The summed E-state index contributed by atoms with van der Waals surface area (Å²) in [5.74, 6) is -0.790. The number of halogens is 1. The number of para-hydroxylation sites is 2. The Balaban J connectivity index is 1.67. The number of fused-ring (bicyclic) bond motifs is 1. The van der Waals surface area contributed by atoms with Gasteiger partial charge >= 0.3 is 0 Å². The molecule has 1 N–H and O–H groups in total. The van der Waals surface area contributed by atoms with Gasteiger partial charge in [0.05, 0.1) is 17.1 Å². The molecule has 0 spiro atoms. The molecule has 1 heterocycles. The standard InChI is InChI=1S/C21H17FN2O4S/c22-15-7-6-8-16(13-15)23-21(25)20-14-24(18-11-4-5-12-19(18)28-20)29(26,27)17-9-2-1-3-10-17/h1-13,20H,14H2,(H,23,25)/t20-/m0/s1. The van der Waals surface area contributed by atoms with Crippen molar-refractivity contribution in [2.75, 3.05) is 16.2 Å². The average molecular weight is 412 g/mol. The van der Waals surface area contributed by atoms with Gasteiger partial charge in [-0.1, -0.05) is 36.4 Å². The normalized spacial score (nSPS) is 15.9. The summed E-state index contributed by atoms with van der Waals surface area (Å²) in [5.41, 5.74) is 0.612. The summed E-state index contributed by atoms with van der Waals surface area (Å²) < 4.78 is 46.7. The second-order valence-electron chi connectivity index (χ2n) is 6.42. The molecule has 0 bridgehead atoms. The zero-order valence-electron chi connectivity index (χ0n) is 15.2. The highest BCUT2D eigenvalue weighted by atomic mass is 32.2. The van der Waals surface area contributed by atoms with Gasteiger partial charge in [-0.15, -0.1) is 0 Å². The first-order valence-electron chi connectivity index (χ1n) is 8.85. The van der Waals surface area contributed by atoms with Crippen molar-refractivity contribution in [1.82, 2.24) is 0 Å². The largest absolute Gasteiger partial charge is 0.476 e. The highest BCUT2D eigenvalue weighted by Crippen LogP contribution is 2.36. The van der Waals surface area contributed by atoms with Crippen molar-refractivity contribution in [2.45, 2.75) is 11.0 Å². The molecule has 4 rings (SSSR count). The van der Waals surface area contributed by atoms with Crippen LogP contribution in [0.5, 0.6) is 5.75 Å². The molecule has 29 heavy (non-hydrogen) atoms. The summed E-state index contributed by atoms with van der Waals surface area (Å²) in [5, 5.41) is 2.57. The van der Waals surface area contributed by atoms with E-state index in [9.17, 15) is 17.6 Å². The first-order valence-corrected chi connectivity index (χ1v) is 10.3. The maximum Gasteiger partial charge on any atom is 0.267 e. The molecule has 0 aliphatic carbocycles. The van der Waals surface area contributed by atoms with Crippen molar-refractivity contribution in [3.8, 4) is 5.75 Å². The number of ether oxygens (including phenoxy) is 1. The van der Waals surface area contributed by atoms with Crippen LogP contribution in [0.25, 0.3) is 0 Å². The van der Waals surface area contributed by atoms with Crippen molar-refractivity contribution in [3.05, 3.63) is 84.7 Å². The molecule has 0 aromatic heterocycles. The number of sulfonamides is 1. The Hall–Kier alpha value is -3.39. The van der Waals surface area contributed by atoms with E-state index < -0.39 is 27.9 Å². The van der Waals surface area contributed by atoms with Gasteiger partial charge in [-0.2, -0.15) is 0 Å². The van der Waals surface area contributed by atoms with E-state index in [2.05, 4.69) is 5.32 Å². The molecule has 0 fully saturated rings. The van der Waals surface area contributed by atoms with Crippen molar-refractivity contribution >= 4 is 27.3 Å². The van der Waals surface area contributed by atoms with Gasteiger partial charge in [0.15, 0.2) is 6.10 Å². The predicted octanol–water partition coefficient (Wildman–Crippen LogP) is 3.42. The maximum absolute atomic E-state index is 13.4. The van der Waals surface area contributed by atoms with Crippen LogP contribution in [0.15, 0.2) is 83.8 Å². The molecule has 8 heteroatoms. The minimum atomic E-state index is -3.91. The van der Waals surface area contributed by atoms with Crippen molar-refractivity contribution in [2.24, 2.45) is 0 Å². The van der Waals surface area contributed by atoms with Crippen molar-refractivity contribution in [3.63, 3.8) is 0 Å². The summed E-state index contributed by atoms with van der Waals surface area (Å²) in [6.07, 6.45) is -1.10. The molecule has 148 valence electrons. The zero-order chi connectivity index (χ0) is 20.4. The van der Waals surface area contributed by atoms with Crippen LogP contribution >= 0.6 is 0 Å². The molecule has 0 saturated heterocycles. The van der Waals surface area contributed by atoms with Gasteiger partial charge in [-0.3, -0.25) is 9.10 Å². The third-order valence-corrected chi connectivity index (χ3v) is 6.24. The van der Waals surface area contributed by atoms with Crippen LogP contribution in [0, 0.1) is 5.82 Å². The molecule has 1 amide bonds. The molecular weight excluding hydrogens is 395 g/mol. The molecular formula is C21H17FN2O4S. The molecule has 1 aliphatic rings. The fourth-order valence-corrected chi connectivity index (χ4v) is 4.57. The first kappa shape index (κ1) is 18.9. The van der Waals surface area contributed by atoms with Gasteiger partial charge < -0.3 is 10.1 Å². The van der Waals surface area contributed by atoms with E-state index in [1.807, 2.05) is 0 Å². The Labute approximate surface area is 167 Å². The number of amides is 1. The summed E-state index contributed by atoms with van der Waals surface area (Å²) in [6, 6.07) is 20.0. The van der Waals surface area contributed by atoms with E-state index >= 15 is 0 Å². The third kappa shape index (κ3) is 3.79. The molecule has 0 radical (unpaired) electrons. The lowest BCUT2D eigenvalue weighted by Gasteiger charge is -2.34. The van der Waals surface area contributed by atoms with E-state index in [0.717, 1.165) is 4.31 Å². The van der Waals surface area contributed by atoms with Crippen LogP contribution in [0.2, 0.25) is 0 Å². The lowest BCUT2D eigenvalue weighted by molar-refractivity contribution is -0.122. The van der Waals surface area contributed by atoms with E-state index in [4.69, 9.17) is 4.74 Å². The molecule has 1 atom stereocenters. The average Bonchev–Trinajstić information content (AvgIpc) is 2.73. The Morgan fingerprint density at radius 3 is 2.48 bits per heavy atom. The molecule has 1 aliphatic heterocycles. The number of hydrogen-bond acceptors (Lipinski definition) is 4. The number of nitrogens with one attached hydrogen (secondary N) is 1.